The van der Waals surface area contributed by atoms with E-state index in [4.69, 9.17) is 10.5 Å². The number of hydrogen-bond donors (Lipinski definition) is 2. The molecule has 0 aromatic carbocycles. The molecule has 1 aromatic heterocycles. The fraction of sp³-hybridized carbons (Fsp3) is 0.455. The number of primary amides is 1. The Balaban J connectivity index is 1.92. The molecule has 0 spiro atoms. The van der Waals surface area contributed by atoms with Crippen molar-refractivity contribution in [1.82, 2.24) is 10.3 Å². The van der Waals surface area contributed by atoms with Gasteiger partial charge in [0.15, 0.2) is 0 Å². The average molecular weight is 221 g/mol. The lowest BCUT2D eigenvalue weighted by Gasteiger charge is -2.25. The van der Waals surface area contributed by atoms with Crippen LogP contribution >= 0.6 is 0 Å². The number of nitrogens with one attached hydrogen (secondary N) is 1. The first-order valence-electron chi connectivity index (χ1n) is 5.39. The number of hydrogen-bond acceptors (Lipinski definition) is 3. The Bertz CT molecular complexity index is 377. The maximum Gasteiger partial charge on any atom is 0.312 e. The summed E-state index contributed by atoms with van der Waals surface area (Å²) in [6, 6.07) is 3.12. The van der Waals surface area contributed by atoms with E-state index < -0.39 is 6.03 Å². The first kappa shape index (κ1) is 10.7. The predicted octanol–water partition coefficient (Wildman–Crippen LogP) is 1.18. The highest BCUT2D eigenvalue weighted by Gasteiger charge is 2.19. The molecule has 1 aliphatic rings. The van der Waals surface area contributed by atoms with Gasteiger partial charge in [-0.05, 0) is 30.9 Å². The molecule has 1 aromatic rings. The van der Waals surface area contributed by atoms with Crippen molar-refractivity contribution in [2.24, 2.45) is 5.73 Å². The average Bonchev–Trinajstić information content (AvgIpc) is 2.21. The van der Waals surface area contributed by atoms with Crippen molar-refractivity contribution in [3.63, 3.8) is 0 Å². The van der Waals surface area contributed by atoms with Crippen LogP contribution < -0.4 is 15.8 Å². The third kappa shape index (κ3) is 2.85. The third-order valence-electron chi connectivity index (χ3n) is 2.61. The largest absolute Gasteiger partial charge is 0.474 e. The molecular formula is C11H15N3O2. The van der Waals surface area contributed by atoms with Crippen molar-refractivity contribution in [1.29, 1.82) is 0 Å². The summed E-state index contributed by atoms with van der Waals surface area (Å²) >= 11 is 0. The van der Waals surface area contributed by atoms with Crippen LogP contribution in [0.3, 0.4) is 0 Å². The van der Waals surface area contributed by atoms with Crippen LogP contribution in [0.1, 0.15) is 24.8 Å². The van der Waals surface area contributed by atoms with Gasteiger partial charge in [-0.25, -0.2) is 9.78 Å². The highest BCUT2D eigenvalue weighted by atomic mass is 16.5. The minimum Gasteiger partial charge on any atom is -0.474 e. The minimum absolute atomic E-state index is 0.312. The molecular weight excluding hydrogens is 206 g/mol. The van der Waals surface area contributed by atoms with Gasteiger partial charge in [-0.15, -0.1) is 0 Å². The molecule has 1 heterocycles. The van der Waals surface area contributed by atoms with Crippen molar-refractivity contribution in [3.05, 3.63) is 23.9 Å². The maximum atomic E-state index is 10.6. The van der Waals surface area contributed by atoms with Gasteiger partial charge in [-0.3, -0.25) is 0 Å². The Morgan fingerprint density at radius 1 is 1.62 bits per heavy atom. The third-order valence-corrected chi connectivity index (χ3v) is 2.61. The van der Waals surface area contributed by atoms with Crippen LogP contribution in [0.15, 0.2) is 18.3 Å². The van der Waals surface area contributed by atoms with E-state index in [9.17, 15) is 4.79 Å². The lowest BCUT2D eigenvalue weighted by Crippen LogP contribution is -2.28. The van der Waals surface area contributed by atoms with Crippen LogP contribution in [0, 0.1) is 0 Å². The zero-order valence-corrected chi connectivity index (χ0v) is 8.98. The molecule has 86 valence electrons. The zero-order chi connectivity index (χ0) is 11.4. The molecule has 1 aliphatic carbocycles. The van der Waals surface area contributed by atoms with Gasteiger partial charge in [0.05, 0.1) is 0 Å². The number of pyridine rings is 1. The summed E-state index contributed by atoms with van der Waals surface area (Å²) in [5.74, 6) is 0.619. The Kier molecular flexibility index (Phi) is 3.24. The number of carbonyl (C=O) groups is 1. The van der Waals surface area contributed by atoms with E-state index in [2.05, 4.69) is 10.3 Å². The van der Waals surface area contributed by atoms with E-state index in [1.54, 1.807) is 6.20 Å². The number of urea groups is 1. The van der Waals surface area contributed by atoms with E-state index in [0.29, 0.717) is 18.5 Å². The SMILES string of the molecule is NC(=O)NCc1ccnc(OC2CCC2)c1. The number of aromatic nitrogens is 1. The van der Waals surface area contributed by atoms with Crippen LogP contribution in [0.25, 0.3) is 0 Å². The second-order valence-electron chi connectivity index (χ2n) is 3.89. The van der Waals surface area contributed by atoms with Gasteiger partial charge < -0.3 is 15.8 Å². The number of nitrogens with zero attached hydrogens (tertiary/aromatic N) is 1. The molecule has 0 unspecified atom stereocenters. The molecule has 2 rings (SSSR count). The minimum atomic E-state index is -0.529. The van der Waals surface area contributed by atoms with E-state index in [1.807, 2.05) is 12.1 Å². The zero-order valence-electron chi connectivity index (χ0n) is 8.98. The number of nitrogens with two attached hydrogens (primary N) is 1. The highest BCUT2D eigenvalue weighted by molar-refractivity contribution is 5.71. The Morgan fingerprint density at radius 3 is 3.06 bits per heavy atom. The summed E-state index contributed by atoms with van der Waals surface area (Å²) in [7, 11) is 0. The molecule has 3 N–H and O–H groups in total. The standard InChI is InChI=1S/C11H15N3O2/c12-11(15)14-7-8-4-5-13-10(6-8)16-9-2-1-3-9/h4-6,9H,1-3,7H2,(H3,12,14,15). The Morgan fingerprint density at radius 2 is 2.44 bits per heavy atom. The molecule has 2 amide bonds. The Labute approximate surface area is 94.0 Å². The molecule has 0 saturated heterocycles. The van der Waals surface area contributed by atoms with Crippen molar-refractivity contribution in [2.75, 3.05) is 0 Å². The second-order valence-corrected chi connectivity index (χ2v) is 3.89. The first-order valence-corrected chi connectivity index (χ1v) is 5.39. The number of rotatable bonds is 4. The second kappa shape index (κ2) is 4.83. The summed E-state index contributed by atoms with van der Waals surface area (Å²) in [6.07, 6.45) is 5.42. The summed E-state index contributed by atoms with van der Waals surface area (Å²) in [5, 5.41) is 2.53. The maximum absolute atomic E-state index is 10.6. The topological polar surface area (TPSA) is 77.2 Å². The number of carbonyl (C=O) groups excluding carboxylic acids is 1. The molecule has 0 radical (unpaired) electrons. The predicted molar refractivity (Wildman–Crippen MR) is 58.9 cm³/mol. The van der Waals surface area contributed by atoms with Gasteiger partial charge in [0, 0.05) is 18.8 Å². The summed E-state index contributed by atoms with van der Waals surface area (Å²) in [4.78, 5) is 14.7. The summed E-state index contributed by atoms with van der Waals surface area (Å²) in [5.41, 5.74) is 5.93. The smallest absolute Gasteiger partial charge is 0.312 e. The molecule has 0 aliphatic heterocycles. The Hall–Kier alpha value is -1.78. The quantitative estimate of drug-likeness (QED) is 0.801. The first-order chi connectivity index (χ1) is 7.74. The van der Waals surface area contributed by atoms with Crippen molar-refractivity contribution in [2.45, 2.75) is 31.9 Å². The van der Waals surface area contributed by atoms with Crippen molar-refractivity contribution < 1.29 is 9.53 Å². The van der Waals surface area contributed by atoms with Gasteiger partial charge in [0.25, 0.3) is 0 Å². The monoisotopic (exact) mass is 221 g/mol. The molecule has 5 heteroatoms. The van der Waals surface area contributed by atoms with E-state index >= 15 is 0 Å². The normalized spacial score (nSPS) is 15.2. The number of amides is 2. The van der Waals surface area contributed by atoms with Crippen LogP contribution in [0.2, 0.25) is 0 Å². The van der Waals surface area contributed by atoms with Crippen LogP contribution in [-0.4, -0.2) is 17.1 Å². The van der Waals surface area contributed by atoms with Crippen molar-refractivity contribution >= 4 is 6.03 Å². The molecule has 1 fully saturated rings. The molecule has 0 atom stereocenters. The molecule has 0 bridgehead atoms. The van der Waals surface area contributed by atoms with E-state index in [0.717, 1.165) is 18.4 Å². The van der Waals surface area contributed by atoms with Crippen molar-refractivity contribution in [3.8, 4) is 5.88 Å². The number of ether oxygens (including phenoxy) is 1. The van der Waals surface area contributed by atoms with Crippen LogP contribution in [-0.2, 0) is 6.54 Å². The summed E-state index contributed by atoms with van der Waals surface area (Å²) in [6.45, 7) is 0.402. The van der Waals surface area contributed by atoms with Gasteiger partial charge in [-0.1, -0.05) is 0 Å². The van der Waals surface area contributed by atoms with E-state index in [-0.39, 0.29) is 0 Å². The van der Waals surface area contributed by atoms with Gasteiger partial charge >= 0.3 is 6.03 Å². The highest BCUT2D eigenvalue weighted by Crippen LogP contribution is 2.24. The lowest BCUT2D eigenvalue weighted by molar-refractivity contribution is 0.114. The molecule has 5 nitrogen and oxygen atoms in total. The van der Waals surface area contributed by atoms with Crippen LogP contribution in [0.5, 0.6) is 5.88 Å². The van der Waals surface area contributed by atoms with Crippen LogP contribution in [0.4, 0.5) is 4.79 Å². The van der Waals surface area contributed by atoms with E-state index in [1.165, 1.54) is 6.42 Å². The molecule has 1 saturated carbocycles. The van der Waals surface area contributed by atoms with Gasteiger partial charge in [-0.2, -0.15) is 0 Å². The molecule has 16 heavy (non-hydrogen) atoms. The van der Waals surface area contributed by atoms with Gasteiger partial charge in [0.2, 0.25) is 5.88 Å². The van der Waals surface area contributed by atoms with Gasteiger partial charge in [0.1, 0.15) is 6.10 Å². The lowest BCUT2D eigenvalue weighted by atomic mass is 9.96. The fourth-order valence-corrected chi connectivity index (χ4v) is 1.47. The fourth-order valence-electron chi connectivity index (χ4n) is 1.47. The summed E-state index contributed by atoms with van der Waals surface area (Å²) < 4.78 is 5.64.